The number of benzene rings is 1. The van der Waals surface area contributed by atoms with Gasteiger partial charge in [0.2, 0.25) is 0 Å². The van der Waals surface area contributed by atoms with Gasteiger partial charge in [-0.25, -0.2) is 0 Å². The highest BCUT2D eigenvalue weighted by Gasteiger charge is 2.07. The Balaban J connectivity index is 2.75. The number of rotatable bonds is 6. The molecule has 0 amide bonds. The molecule has 0 aliphatic rings. The maximum atomic E-state index is 6.26. The quantitative estimate of drug-likeness (QED) is 0.835. The fourth-order valence-electron chi connectivity index (χ4n) is 1.81. The first kappa shape index (κ1) is 14.3. The van der Waals surface area contributed by atoms with Crippen LogP contribution < -0.4 is 10.2 Å². The molecule has 0 bridgehead atoms. The number of hydrogen-bond acceptors (Lipinski definition) is 2. The van der Waals surface area contributed by atoms with Crippen molar-refractivity contribution in [2.24, 2.45) is 5.92 Å². The molecule has 2 nitrogen and oxygen atoms in total. The minimum Gasteiger partial charge on any atom is -0.374 e. The Morgan fingerprint density at radius 2 is 2.12 bits per heavy atom. The lowest BCUT2D eigenvalue weighted by molar-refractivity contribution is 0.560. The molecular weight excluding hydrogens is 232 g/mol. The maximum Gasteiger partial charge on any atom is 0.0471 e. The number of anilines is 1. The predicted molar refractivity (Wildman–Crippen MR) is 76.9 cm³/mol. The summed E-state index contributed by atoms with van der Waals surface area (Å²) in [5.74, 6) is 0.704. The van der Waals surface area contributed by atoms with E-state index in [2.05, 4.69) is 49.3 Å². The van der Waals surface area contributed by atoms with Crippen molar-refractivity contribution in [3.63, 3.8) is 0 Å². The fourth-order valence-corrected chi connectivity index (χ4v) is 2.05. The van der Waals surface area contributed by atoms with E-state index in [4.69, 9.17) is 11.6 Å². The van der Waals surface area contributed by atoms with Gasteiger partial charge in [-0.2, -0.15) is 0 Å². The minimum absolute atomic E-state index is 0.704. The lowest BCUT2D eigenvalue weighted by Gasteiger charge is -2.23. The Kier molecular flexibility index (Phi) is 5.79. The van der Waals surface area contributed by atoms with Gasteiger partial charge in [-0.15, -0.1) is 0 Å². The van der Waals surface area contributed by atoms with Crippen molar-refractivity contribution < 1.29 is 0 Å². The van der Waals surface area contributed by atoms with Crippen LogP contribution in [0.3, 0.4) is 0 Å². The van der Waals surface area contributed by atoms with Gasteiger partial charge in [0, 0.05) is 30.8 Å². The van der Waals surface area contributed by atoms with E-state index in [9.17, 15) is 0 Å². The van der Waals surface area contributed by atoms with Gasteiger partial charge in [-0.05, 0) is 30.7 Å². The summed E-state index contributed by atoms with van der Waals surface area (Å²) in [4.78, 5) is 2.27. The van der Waals surface area contributed by atoms with Gasteiger partial charge in [-0.1, -0.05) is 37.9 Å². The van der Waals surface area contributed by atoms with E-state index in [0.717, 1.165) is 23.7 Å². The highest BCUT2D eigenvalue weighted by atomic mass is 35.5. The van der Waals surface area contributed by atoms with Crippen molar-refractivity contribution in [1.29, 1.82) is 0 Å². The largest absolute Gasteiger partial charge is 0.374 e. The zero-order valence-corrected chi connectivity index (χ0v) is 12.0. The number of hydrogen-bond donors (Lipinski definition) is 1. The normalized spacial score (nSPS) is 12.5. The van der Waals surface area contributed by atoms with Gasteiger partial charge in [0.1, 0.15) is 0 Å². The second-order valence-electron chi connectivity index (χ2n) is 4.70. The van der Waals surface area contributed by atoms with E-state index in [1.54, 1.807) is 0 Å². The summed E-state index contributed by atoms with van der Waals surface area (Å²) in [6, 6.07) is 6.29. The number of halogens is 1. The molecule has 1 unspecified atom stereocenters. The first-order chi connectivity index (χ1) is 8.08. The molecule has 0 saturated heterocycles. The van der Waals surface area contributed by atoms with Crippen molar-refractivity contribution in [1.82, 2.24) is 5.32 Å². The first-order valence-corrected chi connectivity index (χ1v) is 6.60. The highest BCUT2D eigenvalue weighted by Crippen LogP contribution is 2.23. The Morgan fingerprint density at radius 3 is 2.65 bits per heavy atom. The van der Waals surface area contributed by atoms with E-state index in [1.807, 2.05) is 7.05 Å². The summed E-state index contributed by atoms with van der Waals surface area (Å²) in [6.07, 6.45) is 1.20. The van der Waals surface area contributed by atoms with Crippen LogP contribution in [0.2, 0.25) is 5.02 Å². The Bertz CT molecular complexity index is 352. The molecule has 1 atom stereocenters. The second kappa shape index (κ2) is 6.87. The van der Waals surface area contributed by atoms with Crippen LogP contribution in [-0.2, 0) is 6.54 Å². The van der Waals surface area contributed by atoms with E-state index in [-0.39, 0.29) is 0 Å². The number of nitrogens with one attached hydrogen (secondary N) is 1. The van der Waals surface area contributed by atoms with Crippen LogP contribution in [0.1, 0.15) is 25.8 Å². The number of nitrogens with zero attached hydrogens (tertiary/aromatic N) is 1. The van der Waals surface area contributed by atoms with Gasteiger partial charge < -0.3 is 10.2 Å². The second-order valence-corrected chi connectivity index (χ2v) is 5.11. The Morgan fingerprint density at radius 1 is 1.41 bits per heavy atom. The van der Waals surface area contributed by atoms with Crippen molar-refractivity contribution in [3.05, 3.63) is 28.8 Å². The summed E-state index contributed by atoms with van der Waals surface area (Å²) < 4.78 is 0. The van der Waals surface area contributed by atoms with Gasteiger partial charge >= 0.3 is 0 Å². The van der Waals surface area contributed by atoms with Gasteiger partial charge in [0.25, 0.3) is 0 Å². The summed E-state index contributed by atoms with van der Waals surface area (Å²) in [5.41, 5.74) is 2.34. The predicted octanol–water partition coefficient (Wildman–Crippen LogP) is 3.54. The van der Waals surface area contributed by atoms with Crippen LogP contribution in [-0.4, -0.2) is 20.6 Å². The maximum absolute atomic E-state index is 6.26. The van der Waals surface area contributed by atoms with Crippen LogP contribution in [0.4, 0.5) is 5.69 Å². The smallest absolute Gasteiger partial charge is 0.0471 e. The fraction of sp³-hybridized carbons (Fsp3) is 0.571. The van der Waals surface area contributed by atoms with E-state index in [1.165, 1.54) is 12.1 Å². The third-order valence-electron chi connectivity index (χ3n) is 3.13. The van der Waals surface area contributed by atoms with Crippen molar-refractivity contribution in [2.75, 3.05) is 25.5 Å². The average molecular weight is 255 g/mol. The molecule has 0 spiro atoms. The monoisotopic (exact) mass is 254 g/mol. The zero-order chi connectivity index (χ0) is 12.8. The summed E-state index contributed by atoms with van der Waals surface area (Å²) in [7, 11) is 4.05. The van der Waals surface area contributed by atoms with Crippen molar-refractivity contribution in [2.45, 2.75) is 26.8 Å². The van der Waals surface area contributed by atoms with E-state index >= 15 is 0 Å². The summed E-state index contributed by atoms with van der Waals surface area (Å²) in [5, 5.41) is 3.96. The lowest BCUT2D eigenvalue weighted by atomic mass is 10.1. The SMILES string of the molecule is CCC(C)CN(C)c1ccc(CNC)c(Cl)c1. The Hall–Kier alpha value is -0.730. The molecule has 0 heterocycles. The van der Waals surface area contributed by atoms with Crippen molar-refractivity contribution in [3.8, 4) is 0 Å². The molecule has 0 fully saturated rings. The average Bonchev–Trinajstić information content (AvgIpc) is 2.31. The molecule has 3 heteroatoms. The molecule has 0 aliphatic carbocycles. The molecule has 0 saturated carbocycles. The van der Waals surface area contributed by atoms with Crippen molar-refractivity contribution >= 4 is 17.3 Å². The molecule has 1 aromatic carbocycles. The first-order valence-electron chi connectivity index (χ1n) is 6.22. The molecule has 0 aromatic heterocycles. The van der Waals surface area contributed by atoms with Gasteiger partial charge in [-0.3, -0.25) is 0 Å². The zero-order valence-electron chi connectivity index (χ0n) is 11.3. The molecule has 17 heavy (non-hydrogen) atoms. The van der Waals surface area contributed by atoms with E-state index < -0.39 is 0 Å². The lowest BCUT2D eigenvalue weighted by Crippen LogP contribution is -2.23. The van der Waals surface area contributed by atoms with Crippen LogP contribution in [0.25, 0.3) is 0 Å². The molecule has 1 rings (SSSR count). The standard InChI is InChI=1S/C14H23ClN2/c1-5-11(2)10-17(4)13-7-6-12(9-16-3)14(15)8-13/h6-8,11,16H,5,9-10H2,1-4H3. The van der Waals surface area contributed by atoms with Gasteiger partial charge in [0.05, 0.1) is 0 Å². The molecule has 0 radical (unpaired) electrons. The molecule has 0 aliphatic heterocycles. The Labute approximate surface area is 110 Å². The van der Waals surface area contributed by atoms with Crippen LogP contribution in [0.15, 0.2) is 18.2 Å². The molecular formula is C14H23ClN2. The third kappa shape index (κ3) is 4.21. The van der Waals surface area contributed by atoms with Crippen LogP contribution in [0, 0.1) is 5.92 Å². The van der Waals surface area contributed by atoms with Crippen LogP contribution >= 0.6 is 11.6 Å². The highest BCUT2D eigenvalue weighted by molar-refractivity contribution is 6.31. The summed E-state index contributed by atoms with van der Waals surface area (Å²) in [6.45, 7) is 6.38. The molecule has 1 aromatic rings. The minimum atomic E-state index is 0.704. The van der Waals surface area contributed by atoms with Crippen LogP contribution in [0.5, 0.6) is 0 Å². The topological polar surface area (TPSA) is 15.3 Å². The summed E-state index contributed by atoms with van der Waals surface area (Å²) >= 11 is 6.26. The molecule has 1 N–H and O–H groups in total. The third-order valence-corrected chi connectivity index (χ3v) is 3.48. The van der Waals surface area contributed by atoms with Gasteiger partial charge in [0.15, 0.2) is 0 Å². The van der Waals surface area contributed by atoms with E-state index in [0.29, 0.717) is 5.92 Å². The molecule has 96 valence electrons.